The Morgan fingerprint density at radius 1 is 1.53 bits per heavy atom. The lowest BCUT2D eigenvalue weighted by Gasteiger charge is -2.22. The number of halogens is 1. The van der Waals surface area contributed by atoms with Crippen molar-refractivity contribution in [1.29, 1.82) is 0 Å². The molecule has 3 nitrogen and oxygen atoms in total. The summed E-state index contributed by atoms with van der Waals surface area (Å²) in [7, 11) is 3.73. The highest BCUT2D eigenvalue weighted by Gasteiger charge is 2.12. The molecule has 0 fully saturated rings. The standard InChI is InChI=1S/C12H17BrN2OS/c1-15(7-4-8-16-2)10-6-3-5-9(13)11(10)12(14)17/h3,5-6H,4,7-8H2,1-2H3,(H2,14,17). The molecule has 0 aliphatic heterocycles. The van der Waals surface area contributed by atoms with Gasteiger partial charge < -0.3 is 15.4 Å². The zero-order valence-electron chi connectivity index (χ0n) is 10.1. The van der Waals surface area contributed by atoms with E-state index in [0.717, 1.165) is 35.3 Å². The molecule has 1 aromatic rings. The Morgan fingerprint density at radius 3 is 2.82 bits per heavy atom. The molecule has 2 N–H and O–H groups in total. The lowest BCUT2D eigenvalue weighted by Crippen LogP contribution is -2.24. The normalized spacial score (nSPS) is 10.3. The minimum absolute atomic E-state index is 0.408. The van der Waals surface area contributed by atoms with Crippen LogP contribution in [0.3, 0.4) is 0 Å². The van der Waals surface area contributed by atoms with E-state index in [-0.39, 0.29) is 0 Å². The summed E-state index contributed by atoms with van der Waals surface area (Å²) in [6.45, 7) is 1.65. The number of hydrogen-bond acceptors (Lipinski definition) is 3. The zero-order valence-corrected chi connectivity index (χ0v) is 12.5. The predicted octanol–water partition coefficient (Wildman–Crippen LogP) is 2.56. The molecular formula is C12H17BrN2OS. The van der Waals surface area contributed by atoms with Crippen LogP contribution in [0.2, 0.25) is 0 Å². The molecule has 0 saturated carbocycles. The average Bonchev–Trinajstić information content (AvgIpc) is 2.28. The van der Waals surface area contributed by atoms with Crippen molar-refractivity contribution in [2.24, 2.45) is 5.73 Å². The van der Waals surface area contributed by atoms with E-state index in [4.69, 9.17) is 22.7 Å². The first-order valence-electron chi connectivity index (χ1n) is 5.36. The Kier molecular flexibility index (Phi) is 5.88. The number of nitrogens with zero attached hydrogens (tertiary/aromatic N) is 1. The van der Waals surface area contributed by atoms with Gasteiger partial charge in [-0.15, -0.1) is 0 Å². The van der Waals surface area contributed by atoms with E-state index in [2.05, 4.69) is 20.8 Å². The number of methoxy groups -OCH3 is 1. The third-order valence-electron chi connectivity index (χ3n) is 2.49. The van der Waals surface area contributed by atoms with E-state index in [9.17, 15) is 0 Å². The molecule has 0 unspecified atom stereocenters. The molecule has 0 aromatic heterocycles. The molecular weight excluding hydrogens is 300 g/mol. The molecule has 0 saturated heterocycles. The van der Waals surface area contributed by atoms with Crippen LogP contribution in [0.25, 0.3) is 0 Å². The first kappa shape index (κ1) is 14.4. The molecule has 1 aromatic carbocycles. The second-order valence-electron chi connectivity index (χ2n) is 3.77. The third-order valence-corrected chi connectivity index (χ3v) is 3.36. The van der Waals surface area contributed by atoms with E-state index >= 15 is 0 Å². The third kappa shape index (κ3) is 3.94. The second-order valence-corrected chi connectivity index (χ2v) is 5.06. The highest BCUT2D eigenvalue weighted by atomic mass is 79.9. The molecule has 94 valence electrons. The van der Waals surface area contributed by atoms with Crippen LogP contribution in [-0.2, 0) is 4.74 Å². The van der Waals surface area contributed by atoms with Gasteiger partial charge in [0.15, 0.2) is 0 Å². The lowest BCUT2D eigenvalue weighted by molar-refractivity contribution is 0.196. The number of thiocarbonyl (C=S) groups is 1. The van der Waals surface area contributed by atoms with Gasteiger partial charge in [-0.2, -0.15) is 0 Å². The van der Waals surface area contributed by atoms with Gasteiger partial charge in [0.1, 0.15) is 4.99 Å². The number of hydrogen-bond donors (Lipinski definition) is 1. The van der Waals surface area contributed by atoms with Gasteiger partial charge in [0, 0.05) is 43.0 Å². The summed E-state index contributed by atoms with van der Waals surface area (Å²) in [6, 6.07) is 5.95. The number of rotatable bonds is 6. The summed E-state index contributed by atoms with van der Waals surface area (Å²) in [4.78, 5) is 2.55. The predicted molar refractivity (Wildman–Crippen MR) is 79.8 cm³/mol. The molecule has 0 amide bonds. The van der Waals surface area contributed by atoms with Gasteiger partial charge in [0.25, 0.3) is 0 Å². The molecule has 0 aliphatic carbocycles. The molecule has 5 heteroatoms. The van der Waals surface area contributed by atoms with Crippen LogP contribution >= 0.6 is 28.1 Å². The monoisotopic (exact) mass is 316 g/mol. The SMILES string of the molecule is COCCCN(C)c1cccc(Br)c1C(N)=S. The van der Waals surface area contributed by atoms with Crippen LogP contribution < -0.4 is 10.6 Å². The molecule has 0 aliphatic rings. The molecule has 17 heavy (non-hydrogen) atoms. The fourth-order valence-corrected chi connectivity index (χ4v) is 2.56. The summed E-state index contributed by atoms with van der Waals surface area (Å²) in [5, 5.41) is 0. The quantitative estimate of drug-likeness (QED) is 0.646. The molecule has 1 rings (SSSR count). The molecule has 0 bridgehead atoms. The van der Waals surface area contributed by atoms with Crippen molar-refractivity contribution in [3.05, 3.63) is 28.2 Å². The van der Waals surface area contributed by atoms with Crippen molar-refractivity contribution in [2.45, 2.75) is 6.42 Å². The molecule has 0 radical (unpaired) electrons. The summed E-state index contributed by atoms with van der Waals surface area (Å²) >= 11 is 8.57. The van der Waals surface area contributed by atoms with Gasteiger partial charge in [-0.05, 0) is 34.5 Å². The highest BCUT2D eigenvalue weighted by Crippen LogP contribution is 2.27. The van der Waals surface area contributed by atoms with E-state index in [1.807, 2.05) is 25.2 Å². The Bertz CT molecular complexity index is 398. The van der Waals surface area contributed by atoms with E-state index < -0.39 is 0 Å². The van der Waals surface area contributed by atoms with Crippen LogP contribution in [-0.4, -0.2) is 32.3 Å². The largest absolute Gasteiger partial charge is 0.389 e. The van der Waals surface area contributed by atoms with Crippen LogP contribution in [0.5, 0.6) is 0 Å². The number of benzene rings is 1. The maximum absolute atomic E-state index is 5.76. The first-order chi connectivity index (χ1) is 8.07. The molecule has 0 atom stereocenters. The van der Waals surface area contributed by atoms with Gasteiger partial charge >= 0.3 is 0 Å². The van der Waals surface area contributed by atoms with Gasteiger partial charge in [-0.1, -0.05) is 18.3 Å². The summed E-state index contributed by atoms with van der Waals surface area (Å²) < 4.78 is 5.97. The number of ether oxygens (including phenoxy) is 1. The molecule has 0 spiro atoms. The summed E-state index contributed by atoms with van der Waals surface area (Å²) in [5.74, 6) is 0. The Labute approximate surface area is 116 Å². The van der Waals surface area contributed by atoms with Crippen molar-refractivity contribution in [2.75, 3.05) is 32.2 Å². The number of nitrogens with two attached hydrogens (primary N) is 1. The van der Waals surface area contributed by atoms with Crippen LogP contribution in [0, 0.1) is 0 Å². The highest BCUT2D eigenvalue weighted by molar-refractivity contribution is 9.10. The maximum Gasteiger partial charge on any atom is 0.107 e. The fraction of sp³-hybridized carbons (Fsp3) is 0.417. The van der Waals surface area contributed by atoms with Gasteiger partial charge in [-0.3, -0.25) is 0 Å². The van der Waals surface area contributed by atoms with Gasteiger partial charge in [0.05, 0.1) is 0 Å². The van der Waals surface area contributed by atoms with E-state index in [1.54, 1.807) is 7.11 Å². The smallest absolute Gasteiger partial charge is 0.107 e. The van der Waals surface area contributed by atoms with Crippen molar-refractivity contribution < 1.29 is 4.74 Å². The summed E-state index contributed by atoms with van der Waals surface area (Å²) in [5.41, 5.74) is 7.69. The zero-order chi connectivity index (χ0) is 12.8. The molecule has 0 heterocycles. The van der Waals surface area contributed by atoms with Crippen molar-refractivity contribution >= 4 is 38.8 Å². The van der Waals surface area contributed by atoms with Gasteiger partial charge in [-0.25, -0.2) is 0 Å². The second kappa shape index (κ2) is 6.93. The van der Waals surface area contributed by atoms with E-state index in [0.29, 0.717) is 4.99 Å². The van der Waals surface area contributed by atoms with E-state index in [1.165, 1.54) is 0 Å². The maximum atomic E-state index is 5.76. The fourth-order valence-electron chi connectivity index (χ4n) is 1.64. The van der Waals surface area contributed by atoms with Crippen LogP contribution in [0.15, 0.2) is 22.7 Å². The Morgan fingerprint density at radius 2 is 2.24 bits per heavy atom. The minimum atomic E-state index is 0.408. The van der Waals surface area contributed by atoms with Crippen molar-refractivity contribution in [1.82, 2.24) is 0 Å². The van der Waals surface area contributed by atoms with Gasteiger partial charge in [0.2, 0.25) is 0 Å². The lowest BCUT2D eigenvalue weighted by atomic mass is 10.1. The average molecular weight is 317 g/mol. The van der Waals surface area contributed by atoms with Crippen molar-refractivity contribution in [3.8, 4) is 0 Å². The number of anilines is 1. The van der Waals surface area contributed by atoms with Crippen LogP contribution in [0.4, 0.5) is 5.69 Å². The first-order valence-corrected chi connectivity index (χ1v) is 6.56. The Balaban J connectivity index is 2.89. The minimum Gasteiger partial charge on any atom is -0.389 e. The van der Waals surface area contributed by atoms with Crippen molar-refractivity contribution in [3.63, 3.8) is 0 Å². The summed E-state index contributed by atoms with van der Waals surface area (Å²) in [6.07, 6.45) is 0.969. The topological polar surface area (TPSA) is 38.5 Å². The Hall–Kier alpha value is -0.650. The van der Waals surface area contributed by atoms with Crippen LogP contribution in [0.1, 0.15) is 12.0 Å².